The highest BCUT2D eigenvalue weighted by Crippen LogP contribution is 2.32. The summed E-state index contributed by atoms with van der Waals surface area (Å²) in [5.41, 5.74) is 0.161. The molecule has 1 aromatic rings. The molecule has 2 atom stereocenters. The molecular weight excluding hydrogens is 252 g/mol. The fourth-order valence-electron chi connectivity index (χ4n) is 2.03. The largest absolute Gasteiger partial charge is 0.373 e. The van der Waals surface area contributed by atoms with Crippen LogP contribution in [0.15, 0.2) is 29.2 Å². The molecule has 0 aromatic heterocycles. The summed E-state index contributed by atoms with van der Waals surface area (Å²) in [5, 5.41) is 10.9. The van der Waals surface area contributed by atoms with Crippen LogP contribution in [0.3, 0.4) is 0 Å². The zero-order chi connectivity index (χ0) is 13.1. The monoisotopic (exact) mass is 268 g/mol. The topological polar surface area (TPSA) is 55.6 Å². The molecule has 1 aromatic carbocycles. The van der Waals surface area contributed by atoms with E-state index in [-0.39, 0.29) is 22.8 Å². The molecule has 0 spiro atoms. The van der Waals surface area contributed by atoms with Gasteiger partial charge in [0.2, 0.25) is 0 Å². The van der Waals surface area contributed by atoms with E-state index in [0.717, 1.165) is 13.1 Å². The van der Waals surface area contributed by atoms with E-state index in [4.69, 9.17) is 4.74 Å². The van der Waals surface area contributed by atoms with Crippen LogP contribution in [0.5, 0.6) is 0 Å². The predicted octanol–water partition coefficient (Wildman–Crippen LogP) is 2.71. The molecule has 18 heavy (non-hydrogen) atoms. The number of rotatable bonds is 3. The van der Waals surface area contributed by atoms with Crippen molar-refractivity contribution in [3.63, 3.8) is 0 Å². The molecule has 0 amide bonds. The fraction of sp³-hybridized carbons (Fsp3) is 0.500. The molecule has 1 heterocycles. The van der Waals surface area contributed by atoms with Crippen LogP contribution in [-0.2, 0) is 4.74 Å². The maximum atomic E-state index is 10.9. The molecule has 2 rings (SSSR count). The summed E-state index contributed by atoms with van der Waals surface area (Å²) < 4.78 is 7.77. The molecule has 0 aliphatic carbocycles. The molecule has 0 N–H and O–H groups in total. The number of nitrogens with zero attached hydrogens (tertiary/aromatic N) is 2. The van der Waals surface area contributed by atoms with Crippen molar-refractivity contribution in [2.45, 2.75) is 31.0 Å². The number of benzene rings is 1. The second-order valence-electron chi connectivity index (χ2n) is 4.42. The van der Waals surface area contributed by atoms with Gasteiger partial charge in [-0.15, -0.1) is 0 Å². The second-order valence-corrected chi connectivity index (χ2v) is 5.56. The van der Waals surface area contributed by atoms with E-state index < -0.39 is 0 Å². The Labute approximate surface area is 110 Å². The van der Waals surface area contributed by atoms with Crippen LogP contribution >= 0.6 is 11.9 Å². The second kappa shape index (κ2) is 5.69. The van der Waals surface area contributed by atoms with Crippen molar-refractivity contribution in [1.29, 1.82) is 0 Å². The standard InChI is InChI=1S/C12H16N2O3S/c1-9-7-13(8-10(2)17-9)18-12-6-4-3-5-11(12)14(15)16/h3-6,9-10H,7-8H2,1-2H3/t9-,10-/m1/s1. The van der Waals surface area contributed by atoms with Crippen LogP contribution in [0.2, 0.25) is 0 Å². The molecule has 0 saturated carbocycles. The van der Waals surface area contributed by atoms with Crippen LogP contribution in [0.4, 0.5) is 5.69 Å². The van der Waals surface area contributed by atoms with Gasteiger partial charge in [-0.25, -0.2) is 4.31 Å². The maximum Gasteiger partial charge on any atom is 0.284 e. The van der Waals surface area contributed by atoms with E-state index >= 15 is 0 Å². The van der Waals surface area contributed by atoms with E-state index in [1.165, 1.54) is 18.0 Å². The van der Waals surface area contributed by atoms with Gasteiger partial charge in [0.05, 0.1) is 17.1 Å². The molecule has 0 bridgehead atoms. The van der Waals surface area contributed by atoms with Crippen molar-refractivity contribution in [2.24, 2.45) is 0 Å². The van der Waals surface area contributed by atoms with Crippen molar-refractivity contribution >= 4 is 17.6 Å². The molecule has 5 nitrogen and oxygen atoms in total. The summed E-state index contributed by atoms with van der Waals surface area (Å²) in [6.07, 6.45) is 0.313. The van der Waals surface area contributed by atoms with Gasteiger partial charge < -0.3 is 4.74 Å². The molecule has 1 fully saturated rings. The average molecular weight is 268 g/mol. The average Bonchev–Trinajstić information content (AvgIpc) is 2.27. The molecule has 1 aliphatic rings. The van der Waals surface area contributed by atoms with Crippen molar-refractivity contribution in [3.8, 4) is 0 Å². The minimum absolute atomic E-state index is 0.156. The third kappa shape index (κ3) is 3.22. The first-order valence-corrected chi connectivity index (χ1v) is 6.65. The molecule has 6 heteroatoms. The van der Waals surface area contributed by atoms with Crippen molar-refractivity contribution in [1.82, 2.24) is 4.31 Å². The van der Waals surface area contributed by atoms with Gasteiger partial charge in [0.1, 0.15) is 4.90 Å². The number of morpholine rings is 1. The van der Waals surface area contributed by atoms with E-state index in [2.05, 4.69) is 4.31 Å². The normalized spacial score (nSPS) is 25.0. The first-order valence-electron chi connectivity index (χ1n) is 5.88. The Bertz CT molecular complexity index is 431. The molecule has 98 valence electrons. The summed E-state index contributed by atoms with van der Waals surface area (Å²) in [6, 6.07) is 6.83. The van der Waals surface area contributed by atoms with Crippen molar-refractivity contribution in [2.75, 3.05) is 13.1 Å². The Balaban J connectivity index is 2.11. The lowest BCUT2D eigenvalue weighted by molar-refractivity contribution is -0.387. The highest BCUT2D eigenvalue weighted by atomic mass is 32.2. The van der Waals surface area contributed by atoms with Crippen LogP contribution in [0, 0.1) is 10.1 Å². The first kappa shape index (κ1) is 13.3. The number of ether oxygens (including phenoxy) is 1. The Morgan fingerprint density at radius 3 is 2.56 bits per heavy atom. The van der Waals surface area contributed by atoms with E-state index in [9.17, 15) is 10.1 Å². The van der Waals surface area contributed by atoms with Gasteiger partial charge in [0.25, 0.3) is 5.69 Å². The Morgan fingerprint density at radius 1 is 1.33 bits per heavy atom. The van der Waals surface area contributed by atoms with Gasteiger partial charge in [0.15, 0.2) is 0 Å². The molecule has 1 saturated heterocycles. The molecule has 0 radical (unpaired) electrons. The lowest BCUT2D eigenvalue weighted by Gasteiger charge is -2.34. The minimum atomic E-state index is -0.338. The van der Waals surface area contributed by atoms with Crippen LogP contribution in [-0.4, -0.2) is 34.5 Å². The maximum absolute atomic E-state index is 10.9. The summed E-state index contributed by atoms with van der Waals surface area (Å²) in [6.45, 7) is 5.59. The smallest absolute Gasteiger partial charge is 0.284 e. The van der Waals surface area contributed by atoms with Gasteiger partial charge in [0, 0.05) is 19.2 Å². The number of nitro groups is 1. The Morgan fingerprint density at radius 2 is 1.94 bits per heavy atom. The SMILES string of the molecule is C[C@@H]1CN(Sc2ccccc2[N+](=O)[O-])C[C@@H](C)O1. The van der Waals surface area contributed by atoms with E-state index in [0.29, 0.717) is 4.90 Å². The Hall–Kier alpha value is -1.11. The van der Waals surface area contributed by atoms with Gasteiger partial charge in [-0.1, -0.05) is 12.1 Å². The fourth-order valence-corrected chi connectivity index (χ4v) is 3.25. The van der Waals surface area contributed by atoms with Crippen molar-refractivity contribution < 1.29 is 9.66 Å². The van der Waals surface area contributed by atoms with E-state index in [1.54, 1.807) is 12.1 Å². The van der Waals surface area contributed by atoms with Gasteiger partial charge >= 0.3 is 0 Å². The van der Waals surface area contributed by atoms with Crippen LogP contribution < -0.4 is 0 Å². The first-order chi connectivity index (χ1) is 8.56. The zero-order valence-corrected chi connectivity index (χ0v) is 11.2. The van der Waals surface area contributed by atoms with Gasteiger partial charge in [-0.3, -0.25) is 10.1 Å². The molecule has 1 aliphatic heterocycles. The summed E-state index contributed by atoms with van der Waals surface area (Å²) in [4.78, 5) is 11.3. The third-order valence-corrected chi connectivity index (χ3v) is 3.77. The van der Waals surface area contributed by atoms with Crippen LogP contribution in [0.1, 0.15) is 13.8 Å². The number of hydrogen-bond donors (Lipinski definition) is 0. The van der Waals surface area contributed by atoms with Crippen molar-refractivity contribution in [3.05, 3.63) is 34.4 Å². The minimum Gasteiger partial charge on any atom is -0.373 e. The predicted molar refractivity (Wildman–Crippen MR) is 70.5 cm³/mol. The number of nitro benzene ring substituents is 1. The quantitative estimate of drug-likeness (QED) is 0.479. The van der Waals surface area contributed by atoms with Gasteiger partial charge in [-0.05, 0) is 31.9 Å². The number of para-hydroxylation sites is 1. The lowest BCUT2D eigenvalue weighted by atomic mass is 10.3. The lowest BCUT2D eigenvalue weighted by Crippen LogP contribution is -2.41. The highest BCUT2D eigenvalue weighted by molar-refractivity contribution is 7.97. The number of hydrogen-bond acceptors (Lipinski definition) is 5. The van der Waals surface area contributed by atoms with Crippen LogP contribution in [0.25, 0.3) is 0 Å². The molecular formula is C12H16N2O3S. The van der Waals surface area contributed by atoms with E-state index in [1.807, 2.05) is 19.9 Å². The summed E-state index contributed by atoms with van der Waals surface area (Å²) in [7, 11) is 0. The molecule has 0 unspecified atom stereocenters. The summed E-state index contributed by atoms with van der Waals surface area (Å²) >= 11 is 1.44. The highest BCUT2D eigenvalue weighted by Gasteiger charge is 2.25. The zero-order valence-electron chi connectivity index (χ0n) is 10.4. The summed E-state index contributed by atoms with van der Waals surface area (Å²) in [5.74, 6) is 0. The third-order valence-electron chi connectivity index (χ3n) is 2.68. The van der Waals surface area contributed by atoms with Gasteiger partial charge in [-0.2, -0.15) is 0 Å². The Kier molecular flexibility index (Phi) is 4.21.